The van der Waals surface area contributed by atoms with Crippen LogP contribution >= 0.6 is 0 Å². The number of hydrogen-bond acceptors (Lipinski definition) is 3. The Labute approximate surface area is 121 Å². The predicted molar refractivity (Wildman–Crippen MR) is 72.5 cm³/mol. The van der Waals surface area contributed by atoms with Crippen LogP contribution < -0.4 is 11.1 Å². The smallest absolute Gasteiger partial charge is 0.408 e. The molecule has 0 radical (unpaired) electrons. The third kappa shape index (κ3) is 4.10. The van der Waals surface area contributed by atoms with Gasteiger partial charge in [0.25, 0.3) is 6.43 Å². The number of amides is 1. The van der Waals surface area contributed by atoms with Crippen LogP contribution in [0.3, 0.4) is 0 Å². The fraction of sp³-hybridized carbons (Fsp3) is 0.500. The van der Waals surface area contributed by atoms with Gasteiger partial charge in [0.2, 0.25) is 0 Å². The minimum Gasteiger partial charge on any atom is -0.444 e. The normalized spacial score (nSPS) is 14.7. The van der Waals surface area contributed by atoms with E-state index in [4.69, 9.17) is 10.5 Å². The maximum Gasteiger partial charge on any atom is 0.408 e. The van der Waals surface area contributed by atoms with E-state index < -0.39 is 36.0 Å². The van der Waals surface area contributed by atoms with E-state index in [9.17, 15) is 18.0 Å². The quantitative estimate of drug-likeness (QED) is 0.899. The van der Waals surface area contributed by atoms with Crippen LogP contribution in [0.4, 0.5) is 18.0 Å². The molecular formula is C14H19F3N2O2. The van der Waals surface area contributed by atoms with Gasteiger partial charge >= 0.3 is 6.09 Å². The van der Waals surface area contributed by atoms with Gasteiger partial charge in [0, 0.05) is 12.1 Å². The van der Waals surface area contributed by atoms with E-state index in [1.807, 2.05) is 5.32 Å². The summed E-state index contributed by atoms with van der Waals surface area (Å²) in [7, 11) is 0. The largest absolute Gasteiger partial charge is 0.444 e. The second-order valence-corrected chi connectivity index (χ2v) is 5.58. The molecule has 0 aliphatic heterocycles. The number of carbonyl (C=O) groups excluding carboxylic acids is 1. The Morgan fingerprint density at radius 2 is 1.90 bits per heavy atom. The fourth-order valence-electron chi connectivity index (χ4n) is 1.80. The van der Waals surface area contributed by atoms with Crippen molar-refractivity contribution in [2.24, 2.45) is 5.73 Å². The monoisotopic (exact) mass is 304 g/mol. The molecule has 1 aromatic carbocycles. The molecule has 118 valence electrons. The van der Waals surface area contributed by atoms with E-state index in [0.29, 0.717) is 0 Å². The Balaban J connectivity index is 3.17. The van der Waals surface area contributed by atoms with Gasteiger partial charge in [-0.25, -0.2) is 18.0 Å². The lowest BCUT2D eigenvalue weighted by molar-refractivity contribution is 0.00638. The fourth-order valence-corrected chi connectivity index (χ4v) is 1.80. The van der Waals surface area contributed by atoms with Crippen LogP contribution in [0.1, 0.15) is 26.3 Å². The summed E-state index contributed by atoms with van der Waals surface area (Å²) in [5, 5.41) is 2.02. The molecule has 1 amide bonds. The van der Waals surface area contributed by atoms with Crippen molar-refractivity contribution < 1.29 is 22.7 Å². The summed E-state index contributed by atoms with van der Waals surface area (Å²) in [6.45, 7) is 4.08. The number of alkyl halides is 2. The molecule has 0 bridgehead atoms. The van der Waals surface area contributed by atoms with Gasteiger partial charge in [0.05, 0.1) is 0 Å². The summed E-state index contributed by atoms with van der Waals surface area (Å²) in [5.74, 6) is -0.876. The number of rotatable bonds is 4. The molecule has 7 heteroatoms. The average molecular weight is 304 g/mol. The summed E-state index contributed by atoms with van der Waals surface area (Å²) in [6.07, 6.45) is -4.19. The van der Waals surface area contributed by atoms with Gasteiger partial charge in [-0.05, 0) is 26.8 Å². The number of benzene rings is 1. The molecule has 1 atom stereocenters. The second-order valence-electron chi connectivity index (χ2n) is 5.58. The highest BCUT2D eigenvalue weighted by molar-refractivity contribution is 5.69. The van der Waals surface area contributed by atoms with Crippen LogP contribution in [-0.2, 0) is 10.3 Å². The number of carbonyl (C=O) groups is 1. The maximum absolute atomic E-state index is 13.8. The summed E-state index contributed by atoms with van der Waals surface area (Å²) in [5.41, 5.74) is 1.81. The molecule has 4 nitrogen and oxygen atoms in total. The van der Waals surface area contributed by atoms with Crippen molar-refractivity contribution >= 4 is 6.09 Å². The molecule has 0 aromatic heterocycles. The van der Waals surface area contributed by atoms with E-state index in [1.54, 1.807) is 20.8 Å². The molecule has 0 saturated carbocycles. The lowest BCUT2D eigenvalue weighted by atomic mass is 9.90. The Hall–Kier alpha value is -1.76. The van der Waals surface area contributed by atoms with Gasteiger partial charge in [-0.1, -0.05) is 18.2 Å². The van der Waals surface area contributed by atoms with Gasteiger partial charge in [-0.2, -0.15) is 0 Å². The second kappa shape index (κ2) is 6.34. The minimum absolute atomic E-state index is 0.381. The molecule has 0 heterocycles. The van der Waals surface area contributed by atoms with E-state index >= 15 is 0 Å². The van der Waals surface area contributed by atoms with Gasteiger partial charge in [-0.15, -0.1) is 0 Å². The topological polar surface area (TPSA) is 64.3 Å². The van der Waals surface area contributed by atoms with E-state index in [2.05, 4.69) is 0 Å². The zero-order valence-corrected chi connectivity index (χ0v) is 12.1. The highest BCUT2D eigenvalue weighted by Crippen LogP contribution is 2.30. The van der Waals surface area contributed by atoms with Crippen molar-refractivity contribution in [2.75, 3.05) is 6.54 Å². The molecule has 1 aromatic rings. The van der Waals surface area contributed by atoms with Gasteiger partial charge in [-0.3, -0.25) is 0 Å². The first-order valence-corrected chi connectivity index (χ1v) is 6.37. The zero-order chi connectivity index (χ0) is 16.3. The first-order chi connectivity index (χ1) is 9.62. The lowest BCUT2D eigenvalue weighted by Crippen LogP contribution is -2.57. The van der Waals surface area contributed by atoms with Crippen LogP contribution in [-0.4, -0.2) is 24.7 Å². The van der Waals surface area contributed by atoms with Crippen molar-refractivity contribution in [3.63, 3.8) is 0 Å². The van der Waals surface area contributed by atoms with Crippen molar-refractivity contribution in [3.8, 4) is 0 Å². The molecule has 21 heavy (non-hydrogen) atoms. The molecule has 1 unspecified atom stereocenters. The number of hydrogen-bond donors (Lipinski definition) is 2. The highest BCUT2D eigenvalue weighted by atomic mass is 19.3. The third-order valence-electron chi connectivity index (χ3n) is 2.77. The number of alkyl carbamates (subject to hydrolysis) is 1. The number of nitrogens with two attached hydrogens (primary N) is 1. The average Bonchev–Trinajstić information content (AvgIpc) is 2.34. The van der Waals surface area contributed by atoms with E-state index in [-0.39, 0.29) is 5.56 Å². The zero-order valence-electron chi connectivity index (χ0n) is 12.1. The maximum atomic E-state index is 13.8. The standard InChI is InChI=1S/C14H19F3N2O2/c1-13(2,3)21-12(20)19-14(8-18,11(16)17)9-6-4-5-7-10(9)15/h4-7,11H,8,18H2,1-3H3,(H,19,20). The molecular weight excluding hydrogens is 285 g/mol. The van der Waals surface area contributed by atoms with Crippen molar-refractivity contribution in [1.29, 1.82) is 0 Å². The molecule has 1 rings (SSSR count). The van der Waals surface area contributed by atoms with Crippen molar-refractivity contribution in [3.05, 3.63) is 35.6 Å². The first-order valence-electron chi connectivity index (χ1n) is 6.37. The Bertz CT molecular complexity index is 503. The van der Waals surface area contributed by atoms with E-state index in [1.165, 1.54) is 12.1 Å². The van der Waals surface area contributed by atoms with Crippen LogP contribution in [0.15, 0.2) is 24.3 Å². The SMILES string of the molecule is CC(C)(C)OC(=O)NC(CN)(c1ccccc1F)C(F)F. The molecule has 0 saturated heterocycles. The predicted octanol–water partition coefficient (Wildman–Crippen LogP) is 2.77. The van der Waals surface area contributed by atoms with Crippen LogP contribution in [0, 0.1) is 5.82 Å². The van der Waals surface area contributed by atoms with Crippen molar-refractivity contribution in [1.82, 2.24) is 5.32 Å². The molecule has 0 spiro atoms. The van der Waals surface area contributed by atoms with Crippen LogP contribution in [0.2, 0.25) is 0 Å². The van der Waals surface area contributed by atoms with Crippen LogP contribution in [0.25, 0.3) is 0 Å². The van der Waals surface area contributed by atoms with E-state index in [0.717, 1.165) is 12.1 Å². The number of nitrogens with one attached hydrogen (secondary N) is 1. The summed E-state index contributed by atoms with van der Waals surface area (Å²) in [4.78, 5) is 11.8. The van der Waals surface area contributed by atoms with Gasteiger partial charge < -0.3 is 15.8 Å². The molecule has 0 aliphatic rings. The lowest BCUT2D eigenvalue weighted by Gasteiger charge is -2.34. The van der Waals surface area contributed by atoms with Crippen LogP contribution in [0.5, 0.6) is 0 Å². The Morgan fingerprint density at radius 1 is 1.33 bits per heavy atom. The summed E-state index contributed by atoms with van der Waals surface area (Å²) >= 11 is 0. The number of halogens is 3. The Morgan fingerprint density at radius 3 is 2.33 bits per heavy atom. The Kier molecular flexibility index (Phi) is 5.22. The summed E-state index contributed by atoms with van der Waals surface area (Å²) < 4.78 is 45.8. The minimum atomic E-state index is -3.10. The molecule has 3 N–H and O–H groups in total. The molecule has 0 fully saturated rings. The number of ether oxygens (including phenoxy) is 1. The highest BCUT2D eigenvalue weighted by Gasteiger charge is 2.44. The van der Waals surface area contributed by atoms with Crippen molar-refractivity contribution in [2.45, 2.75) is 38.3 Å². The van der Waals surface area contributed by atoms with Gasteiger partial charge in [0.1, 0.15) is 17.0 Å². The summed E-state index contributed by atoms with van der Waals surface area (Å²) in [6, 6.07) is 4.94. The van der Waals surface area contributed by atoms with Gasteiger partial charge in [0.15, 0.2) is 0 Å². The first kappa shape index (κ1) is 17.3. The third-order valence-corrected chi connectivity index (χ3v) is 2.77. The molecule has 0 aliphatic carbocycles.